The molecule has 0 radical (unpaired) electrons. The summed E-state index contributed by atoms with van der Waals surface area (Å²) >= 11 is 0. The van der Waals surface area contributed by atoms with Crippen LogP contribution in [0.25, 0.3) is 0 Å². The molecule has 0 saturated heterocycles. The van der Waals surface area contributed by atoms with Gasteiger partial charge in [-0.05, 0) is 49.3 Å². The maximum Gasteiger partial charge on any atom is 0.135 e. The Bertz CT molecular complexity index is 1220. The summed E-state index contributed by atoms with van der Waals surface area (Å²) in [6.07, 6.45) is 1.67. The number of nitrogens with zero attached hydrogens (tertiary/aromatic N) is 3. The van der Waals surface area contributed by atoms with Gasteiger partial charge in [-0.1, -0.05) is 173 Å². The third-order valence-electron chi connectivity index (χ3n) is 7.80. The maximum absolute atomic E-state index is 4.52. The van der Waals surface area contributed by atoms with Gasteiger partial charge in [-0.3, -0.25) is 0 Å². The van der Waals surface area contributed by atoms with Gasteiger partial charge in [-0.2, -0.15) is 0 Å². The van der Waals surface area contributed by atoms with Crippen molar-refractivity contribution in [2.24, 2.45) is 0 Å². The molecule has 0 bridgehead atoms. The van der Waals surface area contributed by atoms with Crippen molar-refractivity contribution in [3.63, 3.8) is 0 Å². The van der Waals surface area contributed by atoms with Gasteiger partial charge in [0.2, 0.25) is 0 Å². The van der Waals surface area contributed by atoms with E-state index in [-0.39, 0.29) is 32.5 Å². The third kappa shape index (κ3) is 11.9. The summed E-state index contributed by atoms with van der Waals surface area (Å²) in [6.45, 7) is 40.5. The second-order valence-electron chi connectivity index (χ2n) is 18.9. The number of aromatic nitrogens is 2. The van der Waals surface area contributed by atoms with Crippen molar-refractivity contribution >= 4 is 5.82 Å². The van der Waals surface area contributed by atoms with Gasteiger partial charge in [-0.25, -0.2) is 9.97 Å². The Morgan fingerprint density at radius 1 is 0.400 bits per heavy atom. The van der Waals surface area contributed by atoms with Gasteiger partial charge in [0.1, 0.15) is 12.1 Å². The van der Waals surface area contributed by atoms with Gasteiger partial charge in [0.15, 0.2) is 0 Å². The molecule has 252 valence electrons. The first-order chi connectivity index (χ1) is 20.0. The van der Waals surface area contributed by atoms with Crippen LogP contribution in [-0.4, -0.2) is 24.1 Å². The van der Waals surface area contributed by atoms with Crippen molar-refractivity contribution in [2.45, 2.75) is 157 Å². The predicted molar refractivity (Wildman–Crippen MR) is 201 cm³/mol. The van der Waals surface area contributed by atoms with E-state index < -0.39 is 0 Å². The van der Waals surface area contributed by atoms with E-state index >= 15 is 0 Å². The lowest BCUT2D eigenvalue weighted by atomic mass is 9.75. The van der Waals surface area contributed by atoms with Crippen LogP contribution >= 0.6 is 0 Å². The molecule has 3 aromatic rings. The Morgan fingerprint density at radius 2 is 0.689 bits per heavy atom. The molecule has 0 atom stereocenters. The van der Waals surface area contributed by atoms with Crippen LogP contribution in [-0.2, 0) is 32.5 Å². The molecule has 0 fully saturated rings. The molecule has 45 heavy (non-hydrogen) atoms. The minimum absolute atomic E-state index is 0.0380. The standard InChI is InChI=1S/C14H25N3.2C14H22/c1-13(2,3)10-11(14(4,5)6)15-9-16-12(10)17(7)8;2*1-13(2,3)11-9-7-8-10-12(11)14(4,5)6/h9H,1-8H3;2*7-10H,1-6H3. The van der Waals surface area contributed by atoms with Crippen molar-refractivity contribution in [2.75, 3.05) is 19.0 Å². The summed E-state index contributed by atoms with van der Waals surface area (Å²) in [5, 5.41) is 0. The first kappa shape index (κ1) is 40.3. The topological polar surface area (TPSA) is 29.0 Å². The van der Waals surface area contributed by atoms with Crippen molar-refractivity contribution in [3.05, 3.63) is 88.4 Å². The van der Waals surface area contributed by atoms with E-state index in [9.17, 15) is 0 Å². The monoisotopic (exact) mass is 616 g/mol. The quantitative estimate of drug-likeness (QED) is 0.273. The maximum atomic E-state index is 4.52. The van der Waals surface area contributed by atoms with E-state index in [4.69, 9.17) is 0 Å². The van der Waals surface area contributed by atoms with Gasteiger partial charge < -0.3 is 4.90 Å². The number of benzene rings is 2. The number of hydrogen-bond acceptors (Lipinski definition) is 3. The summed E-state index contributed by atoms with van der Waals surface area (Å²) in [6, 6.07) is 17.5. The largest absolute Gasteiger partial charge is 0.362 e. The molecule has 0 aliphatic carbocycles. The lowest BCUT2D eigenvalue weighted by Gasteiger charge is -2.31. The lowest BCUT2D eigenvalue weighted by Crippen LogP contribution is -2.28. The molecule has 0 aliphatic rings. The molecule has 0 unspecified atom stereocenters. The van der Waals surface area contributed by atoms with Gasteiger partial charge >= 0.3 is 0 Å². The van der Waals surface area contributed by atoms with Crippen LogP contribution in [0.2, 0.25) is 0 Å². The van der Waals surface area contributed by atoms with Crippen LogP contribution in [0.15, 0.2) is 54.9 Å². The van der Waals surface area contributed by atoms with E-state index in [0.717, 1.165) is 11.5 Å². The minimum atomic E-state index is 0.0380. The first-order valence-electron chi connectivity index (χ1n) is 16.7. The fraction of sp³-hybridized carbons (Fsp3) is 0.619. The average Bonchev–Trinajstić information content (AvgIpc) is 2.86. The summed E-state index contributed by atoms with van der Waals surface area (Å²) in [7, 11) is 4.06. The van der Waals surface area contributed by atoms with E-state index in [2.05, 4.69) is 188 Å². The molecule has 3 heteroatoms. The Hall–Kier alpha value is -2.68. The highest BCUT2D eigenvalue weighted by atomic mass is 15.1. The average molecular weight is 616 g/mol. The molecule has 0 N–H and O–H groups in total. The van der Waals surface area contributed by atoms with Crippen molar-refractivity contribution in [1.29, 1.82) is 0 Å². The van der Waals surface area contributed by atoms with Crippen LogP contribution < -0.4 is 4.90 Å². The van der Waals surface area contributed by atoms with Gasteiger partial charge in [-0.15, -0.1) is 0 Å². The molecule has 2 aromatic carbocycles. The van der Waals surface area contributed by atoms with Crippen LogP contribution in [0.5, 0.6) is 0 Å². The molecule has 0 saturated carbocycles. The fourth-order valence-electron chi connectivity index (χ4n) is 5.56. The lowest BCUT2D eigenvalue weighted by molar-refractivity contribution is 0.510. The van der Waals surface area contributed by atoms with Crippen LogP contribution in [0.3, 0.4) is 0 Å². The number of anilines is 1. The summed E-state index contributed by atoms with van der Waals surface area (Å²) in [4.78, 5) is 11.0. The number of hydrogen-bond donors (Lipinski definition) is 0. The Labute approximate surface area is 279 Å². The van der Waals surface area contributed by atoms with Crippen LogP contribution in [0, 0.1) is 0 Å². The zero-order valence-corrected chi connectivity index (χ0v) is 33.0. The van der Waals surface area contributed by atoms with E-state index in [1.807, 2.05) is 14.1 Å². The first-order valence-corrected chi connectivity index (χ1v) is 16.7. The smallest absolute Gasteiger partial charge is 0.135 e. The fourth-order valence-corrected chi connectivity index (χ4v) is 5.56. The van der Waals surface area contributed by atoms with Gasteiger partial charge in [0.05, 0.1) is 5.69 Å². The van der Waals surface area contributed by atoms with Gasteiger partial charge in [0, 0.05) is 25.1 Å². The molecule has 0 amide bonds. The van der Waals surface area contributed by atoms with Gasteiger partial charge in [0.25, 0.3) is 0 Å². The predicted octanol–water partition coefficient (Wildman–Crippen LogP) is 11.7. The second-order valence-corrected chi connectivity index (χ2v) is 18.9. The molecule has 0 spiro atoms. The van der Waals surface area contributed by atoms with E-state index in [1.165, 1.54) is 27.8 Å². The molecular weight excluding hydrogens is 546 g/mol. The highest BCUT2D eigenvalue weighted by Gasteiger charge is 2.30. The molecule has 0 aliphatic heterocycles. The zero-order valence-electron chi connectivity index (χ0n) is 33.0. The molecule has 1 heterocycles. The highest BCUT2D eigenvalue weighted by molar-refractivity contribution is 5.52. The molecule has 1 aromatic heterocycles. The van der Waals surface area contributed by atoms with Crippen molar-refractivity contribution in [1.82, 2.24) is 9.97 Å². The van der Waals surface area contributed by atoms with Crippen molar-refractivity contribution in [3.8, 4) is 0 Å². The Balaban J connectivity index is 0.000000340. The number of rotatable bonds is 1. The van der Waals surface area contributed by atoms with Crippen LogP contribution in [0.1, 0.15) is 158 Å². The summed E-state index contributed by atoms with van der Waals surface area (Å²) in [5.74, 6) is 1.03. The summed E-state index contributed by atoms with van der Waals surface area (Å²) in [5.41, 5.74) is 9.29. The Kier molecular flexibility index (Phi) is 12.9. The highest BCUT2D eigenvalue weighted by Crippen LogP contribution is 2.37. The second kappa shape index (κ2) is 14.4. The normalized spacial score (nSPS) is 12.9. The molecular formula is C42H69N3. The van der Waals surface area contributed by atoms with E-state index in [1.54, 1.807) is 6.33 Å². The summed E-state index contributed by atoms with van der Waals surface area (Å²) < 4.78 is 0. The Morgan fingerprint density at radius 3 is 0.889 bits per heavy atom. The van der Waals surface area contributed by atoms with Crippen LogP contribution in [0.4, 0.5) is 5.82 Å². The zero-order chi connectivity index (χ0) is 35.4. The SMILES string of the molecule is CC(C)(C)c1ccccc1C(C)(C)C.CC(C)(C)c1ccccc1C(C)(C)C.CN(C)c1ncnc(C(C)(C)C)c1C(C)(C)C. The minimum Gasteiger partial charge on any atom is -0.362 e. The molecule has 3 rings (SSSR count). The third-order valence-corrected chi connectivity index (χ3v) is 7.80. The van der Waals surface area contributed by atoms with E-state index in [0.29, 0.717) is 0 Å². The molecule has 3 nitrogen and oxygen atoms in total. The van der Waals surface area contributed by atoms with Crippen molar-refractivity contribution < 1.29 is 0 Å².